The Labute approximate surface area is 177 Å². The molecule has 1 aromatic heterocycles. The molecule has 1 fully saturated rings. The Morgan fingerprint density at radius 2 is 1.87 bits per heavy atom. The van der Waals surface area contributed by atoms with E-state index in [1.54, 1.807) is 0 Å². The lowest BCUT2D eigenvalue weighted by atomic mass is 10.1. The van der Waals surface area contributed by atoms with Crippen LogP contribution in [0.25, 0.3) is 10.9 Å². The number of anilines is 2. The van der Waals surface area contributed by atoms with Gasteiger partial charge in [-0.1, -0.05) is 6.07 Å². The lowest BCUT2D eigenvalue weighted by Crippen LogP contribution is -2.44. The molecule has 30 heavy (non-hydrogen) atoms. The molecular weight excluding hydrogens is 376 g/mol. The summed E-state index contributed by atoms with van der Waals surface area (Å²) in [5, 5.41) is 4.10. The number of aromatic nitrogens is 1. The van der Waals surface area contributed by atoms with Gasteiger partial charge in [-0.25, -0.2) is 0 Å². The predicted octanol–water partition coefficient (Wildman–Crippen LogP) is 4.19. The molecule has 2 heterocycles. The van der Waals surface area contributed by atoms with Crippen LogP contribution < -0.4 is 15.0 Å². The number of likely N-dealkylation sites (N-methyl/N-ethyl adjacent to an activating group) is 1. The molecule has 2 aromatic carbocycles. The number of fused-ring (bicyclic) bond motifs is 1. The molecule has 158 valence electrons. The summed E-state index contributed by atoms with van der Waals surface area (Å²) in [6.07, 6.45) is 0. The lowest BCUT2D eigenvalue weighted by Gasteiger charge is -2.34. The van der Waals surface area contributed by atoms with Crippen molar-refractivity contribution in [3.8, 4) is 5.75 Å². The number of H-pyrrole nitrogens is 1. The van der Waals surface area contributed by atoms with Crippen LogP contribution in [0.5, 0.6) is 5.75 Å². The second-order valence-electron chi connectivity index (χ2n) is 8.01. The standard InChI is InChI=1S/C24H30N4O2/c1-5-30-23-14-18(28-12-10-27(4)11-13-28)7-9-21(23)26-24(29)22-15-19-17(3)16(2)6-8-20(19)25-22/h6-9,14-15,25H,5,10-13H2,1-4H3,(H,26,29). The number of hydrogen-bond acceptors (Lipinski definition) is 4. The first-order chi connectivity index (χ1) is 14.5. The van der Waals surface area contributed by atoms with E-state index in [-0.39, 0.29) is 5.91 Å². The molecule has 1 saturated heterocycles. The van der Waals surface area contributed by atoms with Crippen LogP contribution in [-0.2, 0) is 0 Å². The number of nitrogens with zero attached hydrogens (tertiary/aromatic N) is 2. The van der Waals surface area contributed by atoms with E-state index in [0.29, 0.717) is 23.7 Å². The molecule has 1 aliphatic heterocycles. The summed E-state index contributed by atoms with van der Waals surface area (Å²) >= 11 is 0. The predicted molar refractivity (Wildman–Crippen MR) is 123 cm³/mol. The van der Waals surface area contributed by atoms with Crippen LogP contribution in [0.3, 0.4) is 0 Å². The Morgan fingerprint density at radius 1 is 1.10 bits per heavy atom. The van der Waals surface area contributed by atoms with E-state index in [1.807, 2.05) is 31.2 Å². The molecule has 0 aliphatic carbocycles. The van der Waals surface area contributed by atoms with Crippen molar-refractivity contribution >= 4 is 28.2 Å². The van der Waals surface area contributed by atoms with E-state index in [2.05, 4.69) is 53.1 Å². The van der Waals surface area contributed by atoms with Crippen molar-refractivity contribution < 1.29 is 9.53 Å². The summed E-state index contributed by atoms with van der Waals surface area (Å²) in [7, 11) is 2.15. The zero-order valence-electron chi connectivity index (χ0n) is 18.2. The summed E-state index contributed by atoms with van der Waals surface area (Å²) in [6, 6.07) is 12.0. The van der Waals surface area contributed by atoms with Gasteiger partial charge in [0.1, 0.15) is 11.4 Å². The second kappa shape index (κ2) is 8.40. The van der Waals surface area contributed by atoms with Crippen molar-refractivity contribution in [2.45, 2.75) is 20.8 Å². The SMILES string of the molecule is CCOc1cc(N2CCN(C)CC2)ccc1NC(=O)c1cc2c(C)c(C)ccc2[nH]1. The molecule has 6 heteroatoms. The first kappa shape index (κ1) is 20.3. The summed E-state index contributed by atoms with van der Waals surface area (Å²) in [5.41, 5.74) is 5.73. The van der Waals surface area contributed by atoms with Crippen LogP contribution in [0, 0.1) is 13.8 Å². The third kappa shape index (κ3) is 4.00. The number of aromatic amines is 1. The number of rotatable bonds is 5. The molecule has 1 aliphatic rings. The molecule has 3 aromatic rings. The van der Waals surface area contributed by atoms with E-state index in [1.165, 1.54) is 11.1 Å². The normalized spacial score (nSPS) is 14.9. The van der Waals surface area contributed by atoms with Crippen LogP contribution in [0.2, 0.25) is 0 Å². The zero-order chi connectivity index (χ0) is 21.3. The zero-order valence-corrected chi connectivity index (χ0v) is 18.2. The van der Waals surface area contributed by atoms with Gasteiger partial charge >= 0.3 is 0 Å². The highest BCUT2D eigenvalue weighted by Crippen LogP contribution is 2.31. The fourth-order valence-electron chi connectivity index (χ4n) is 3.92. The Balaban J connectivity index is 1.57. The van der Waals surface area contributed by atoms with Crippen molar-refractivity contribution in [3.63, 3.8) is 0 Å². The highest BCUT2D eigenvalue weighted by molar-refractivity contribution is 6.07. The molecule has 6 nitrogen and oxygen atoms in total. The first-order valence-electron chi connectivity index (χ1n) is 10.6. The molecule has 0 atom stereocenters. The number of piperazine rings is 1. The Kier molecular flexibility index (Phi) is 5.68. The van der Waals surface area contributed by atoms with Gasteiger partial charge in [-0.3, -0.25) is 4.79 Å². The van der Waals surface area contributed by atoms with Crippen LogP contribution in [0.1, 0.15) is 28.5 Å². The Bertz CT molecular complexity index is 1060. The van der Waals surface area contributed by atoms with Crippen LogP contribution in [0.15, 0.2) is 36.4 Å². The molecular formula is C24H30N4O2. The average Bonchev–Trinajstić information content (AvgIpc) is 3.18. The minimum absolute atomic E-state index is 0.170. The highest BCUT2D eigenvalue weighted by atomic mass is 16.5. The van der Waals surface area contributed by atoms with Crippen LogP contribution >= 0.6 is 0 Å². The van der Waals surface area contributed by atoms with Crippen LogP contribution in [-0.4, -0.2) is 55.6 Å². The molecule has 0 radical (unpaired) electrons. The molecule has 0 saturated carbocycles. The van der Waals surface area contributed by atoms with Gasteiger partial charge in [0.25, 0.3) is 5.91 Å². The lowest BCUT2D eigenvalue weighted by molar-refractivity contribution is 0.102. The van der Waals surface area contributed by atoms with Crippen molar-refractivity contribution in [2.75, 3.05) is 50.1 Å². The summed E-state index contributed by atoms with van der Waals surface area (Å²) in [6.45, 7) is 10.7. The quantitative estimate of drug-likeness (QED) is 0.667. The van der Waals surface area contributed by atoms with Gasteiger partial charge in [-0.2, -0.15) is 0 Å². The summed E-state index contributed by atoms with van der Waals surface area (Å²) < 4.78 is 5.86. The Morgan fingerprint density at radius 3 is 2.60 bits per heavy atom. The van der Waals surface area contributed by atoms with Crippen molar-refractivity contribution in [1.82, 2.24) is 9.88 Å². The van der Waals surface area contributed by atoms with Gasteiger partial charge < -0.3 is 24.8 Å². The maximum Gasteiger partial charge on any atom is 0.272 e. The number of hydrogen-bond donors (Lipinski definition) is 2. The molecule has 1 amide bonds. The third-order valence-corrected chi connectivity index (χ3v) is 5.97. The fraction of sp³-hybridized carbons (Fsp3) is 0.375. The minimum atomic E-state index is -0.170. The van der Waals surface area contributed by atoms with E-state index < -0.39 is 0 Å². The van der Waals surface area contributed by atoms with Crippen molar-refractivity contribution in [1.29, 1.82) is 0 Å². The van der Waals surface area contributed by atoms with E-state index in [9.17, 15) is 4.79 Å². The summed E-state index contributed by atoms with van der Waals surface area (Å²) in [5.74, 6) is 0.530. The van der Waals surface area contributed by atoms with Gasteiger partial charge in [0.05, 0.1) is 12.3 Å². The Hall–Kier alpha value is -2.99. The van der Waals surface area contributed by atoms with Gasteiger partial charge in [-0.15, -0.1) is 0 Å². The number of aryl methyl sites for hydroxylation is 2. The van der Waals surface area contributed by atoms with Gasteiger partial charge in [-0.05, 0) is 63.2 Å². The van der Waals surface area contributed by atoms with Gasteiger partial charge in [0, 0.05) is 48.8 Å². The first-order valence-corrected chi connectivity index (χ1v) is 10.6. The minimum Gasteiger partial charge on any atom is -0.492 e. The van der Waals surface area contributed by atoms with E-state index >= 15 is 0 Å². The monoisotopic (exact) mass is 406 g/mol. The highest BCUT2D eigenvalue weighted by Gasteiger charge is 2.18. The maximum atomic E-state index is 12.9. The number of carbonyl (C=O) groups is 1. The number of benzene rings is 2. The molecule has 2 N–H and O–H groups in total. The number of carbonyl (C=O) groups excluding carboxylic acids is 1. The second-order valence-corrected chi connectivity index (χ2v) is 8.01. The molecule has 0 spiro atoms. The molecule has 0 bridgehead atoms. The number of nitrogens with one attached hydrogen (secondary N) is 2. The third-order valence-electron chi connectivity index (χ3n) is 5.97. The number of amides is 1. The van der Waals surface area contributed by atoms with Gasteiger partial charge in [0.15, 0.2) is 0 Å². The van der Waals surface area contributed by atoms with Gasteiger partial charge in [0.2, 0.25) is 0 Å². The van der Waals surface area contributed by atoms with Crippen molar-refractivity contribution in [3.05, 3.63) is 53.2 Å². The summed E-state index contributed by atoms with van der Waals surface area (Å²) in [4.78, 5) is 20.9. The topological polar surface area (TPSA) is 60.6 Å². The smallest absolute Gasteiger partial charge is 0.272 e. The van der Waals surface area contributed by atoms with E-state index in [0.717, 1.165) is 42.8 Å². The average molecular weight is 407 g/mol. The van der Waals surface area contributed by atoms with Crippen LogP contribution in [0.4, 0.5) is 11.4 Å². The fourth-order valence-corrected chi connectivity index (χ4v) is 3.92. The van der Waals surface area contributed by atoms with Crippen molar-refractivity contribution in [2.24, 2.45) is 0 Å². The largest absolute Gasteiger partial charge is 0.492 e. The maximum absolute atomic E-state index is 12.9. The molecule has 4 rings (SSSR count). The molecule has 0 unspecified atom stereocenters. The van der Waals surface area contributed by atoms with E-state index in [4.69, 9.17) is 4.74 Å². The number of ether oxygens (including phenoxy) is 1.